The number of nitrogens with one attached hydrogen (secondary N) is 1. The van der Waals surface area contributed by atoms with Crippen LogP contribution in [0.1, 0.15) is 11.1 Å². The van der Waals surface area contributed by atoms with Crippen LogP contribution in [0.15, 0.2) is 42.5 Å². The van der Waals surface area contributed by atoms with Gasteiger partial charge in [-0.3, -0.25) is 0 Å². The summed E-state index contributed by atoms with van der Waals surface area (Å²) in [6.07, 6.45) is 0.964. The lowest BCUT2D eigenvalue weighted by molar-refractivity contribution is 1.02. The molecule has 0 unspecified atom stereocenters. The van der Waals surface area contributed by atoms with E-state index in [2.05, 4.69) is 17.4 Å². The minimum Gasteiger partial charge on any atom is -0.398 e. The molecule has 0 radical (unpaired) electrons. The van der Waals surface area contributed by atoms with Crippen LogP contribution in [-0.4, -0.2) is 6.54 Å². The molecule has 94 valence electrons. The van der Waals surface area contributed by atoms with Crippen LogP contribution < -0.4 is 11.1 Å². The van der Waals surface area contributed by atoms with Gasteiger partial charge in [-0.25, -0.2) is 0 Å². The highest BCUT2D eigenvalue weighted by atomic mass is 35.5. The van der Waals surface area contributed by atoms with Crippen LogP contribution in [0.25, 0.3) is 0 Å². The molecule has 0 spiro atoms. The summed E-state index contributed by atoms with van der Waals surface area (Å²) in [6, 6.07) is 13.9. The lowest BCUT2D eigenvalue weighted by atomic mass is 10.1. The molecule has 0 amide bonds. The Kier molecular flexibility index (Phi) is 4.11. The van der Waals surface area contributed by atoms with Crippen molar-refractivity contribution in [1.82, 2.24) is 0 Å². The van der Waals surface area contributed by atoms with Crippen LogP contribution >= 0.6 is 11.6 Å². The van der Waals surface area contributed by atoms with Crippen molar-refractivity contribution in [3.05, 3.63) is 58.6 Å². The number of rotatable bonds is 4. The Bertz CT molecular complexity index is 521. The normalized spacial score (nSPS) is 10.3. The first-order valence-electron chi connectivity index (χ1n) is 6.00. The average molecular weight is 261 g/mol. The van der Waals surface area contributed by atoms with E-state index in [1.54, 1.807) is 0 Å². The maximum absolute atomic E-state index is 5.87. The van der Waals surface area contributed by atoms with Gasteiger partial charge in [0, 0.05) is 22.9 Å². The highest BCUT2D eigenvalue weighted by molar-refractivity contribution is 6.30. The Morgan fingerprint density at radius 2 is 1.83 bits per heavy atom. The zero-order valence-corrected chi connectivity index (χ0v) is 11.2. The summed E-state index contributed by atoms with van der Waals surface area (Å²) in [6.45, 7) is 2.91. The largest absolute Gasteiger partial charge is 0.398 e. The Labute approximate surface area is 113 Å². The van der Waals surface area contributed by atoms with E-state index in [0.717, 1.165) is 34.9 Å². The molecular weight excluding hydrogens is 244 g/mol. The minimum atomic E-state index is 0.776. The second-order valence-corrected chi connectivity index (χ2v) is 4.76. The summed E-state index contributed by atoms with van der Waals surface area (Å²) in [7, 11) is 0. The molecule has 3 heteroatoms. The monoisotopic (exact) mass is 260 g/mol. The highest BCUT2D eigenvalue weighted by Crippen LogP contribution is 2.20. The Hall–Kier alpha value is -1.67. The molecule has 0 fully saturated rings. The zero-order chi connectivity index (χ0) is 13.0. The van der Waals surface area contributed by atoms with Gasteiger partial charge in [0.1, 0.15) is 0 Å². The van der Waals surface area contributed by atoms with Gasteiger partial charge in [0.15, 0.2) is 0 Å². The molecule has 0 aliphatic rings. The standard InChI is InChI=1S/C15H17ClN2/c1-11-14(17)3-2-4-15(11)18-10-9-12-5-7-13(16)8-6-12/h2-8,18H,9-10,17H2,1H3. The molecular formula is C15H17ClN2. The first-order valence-corrected chi connectivity index (χ1v) is 6.38. The molecule has 0 heterocycles. The maximum atomic E-state index is 5.87. The van der Waals surface area contributed by atoms with Crippen LogP contribution in [0.5, 0.6) is 0 Å². The van der Waals surface area contributed by atoms with Crippen molar-refractivity contribution in [3.63, 3.8) is 0 Å². The van der Waals surface area contributed by atoms with Gasteiger partial charge in [-0.2, -0.15) is 0 Å². The fourth-order valence-electron chi connectivity index (χ4n) is 1.84. The van der Waals surface area contributed by atoms with Gasteiger partial charge < -0.3 is 11.1 Å². The molecule has 2 rings (SSSR count). The zero-order valence-electron chi connectivity index (χ0n) is 10.4. The summed E-state index contributed by atoms with van der Waals surface area (Å²) < 4.78 is 0. The van der Waals surface area contributed by atoms with Crippen molar-refractivity contribution in [3.8, 4) is 0 Å². The Balaban J connectivity index is 1.92. The van der Waals surface area contributed by atoms with Crippen molar-refractivity contribution >= 4 is 23.0 Å². The van der Waals surface area contributed by atoms with E-state index < -0.39 is 0 Å². The number of nitrogens with two attached hydrogens (primary N) is 1. The fraction of sp³-hybridized carbons (Fsp3) is 0.200. The van der Waals surface area contributed by atoms with Crippen molar-refractivity contribution in [2.75, 3.05) is 17.6 Å². The third-order valence-electron chi connectivity index (χ3n) is 3.02. The smallest absolute Gasteiger partial charge is 0.0406 e. The highest BCUT2D eigenvalue weighted by Gasteiger charge is 2.00. The summed E-state index contributed by atoms with van der Waals surface area (Å²) in [5.41, 5.74) is 10.2. The fourth-order valence-corrected chi connectivity index (χ4v) is 1.96. The second-order valence-electron chi connectivity index (χ2n) is 4.32. The van der Waals surface area contributed by atoms with Gasteiger partial charge in [-0.05, 0) is 48.7 Å². The SMILES string of the molecule is Cc1c(N)cccc1NCCc1ccc(Cl)cc1. The number of halogens is 1. The van der Waals surface area contributed by atoms with E-state index >= 15 is 0 Å². The van der Waals surface area contributed by atoms with Gasteiger partial charge in [0.05, 0.1) is 0 Å². The van der Waals surface area contributed by atoms with E-state index in [1.165, 1.54) is 5.56 Å². The summed E-state index contributed by atoms with van der Waals surface area (Å²) >= 11 is 5.85. The summed E-state index contributed by atoms with van der Waals surface area (Å²) in [4.78, 5) is 0. The second kappa shape index (κ2) is 5.78. The lowest BCUT2D eigenvalue weighted by Crippen LogP contribution is -2.06. The third kappa shape index (κ3) is 3.17. The molecule has 0 saturated carbocycles. The van der Waals surface area contributed by atoms with E-state index in [9.17, 15) is 0 Å². The van der Waals surface area contributed by atoms with Crippen LogP contribution in [0.4, 0.5) is 11.4 Å². The number of hydrogen-bond acceptors (Lipinski definition) is 2. The van der Waals surface area contributed by atoms with E-state index in [4.69, 9.17) is 17.3 Å². The van der Waals surface area contributed by atoms with Crippen LogP contribution in [0, 0.1) is 6.92 Å². The van der Waals surface area contributed by atoms with Crippen molar-refractivity contribution in [2.45, 2.75) is 13.3 Å². The van der Waals surface area contributed by atoms with Crippen LogP contribution in [0.2, 0.25) is 5.02 Å². The van der Waals surface area contributed by atoms with E-state index in [0.29, 0.717) is 0 Å². The third-order valence-corrected chi connectivity index (χ3v) is 3.27. The minimum absolute atomic E-state index is 0.776. The molecule has 2 aromatic carbocycles. The molecule has 0 atom stereocenters. The van der Waals surface area contributed by atoms with Gasteiger partial charge in [-0.1, -0.05) is 29.8 Å². The molecule has 0 saturated heterocycles. The topological polar surface area (TPSA) is 38.0 Å². The number of nitrogen functional groups attached to an aromatic ring is 1. The van der Waals surface area contributed by atoms with E-state index in [-0.39, 0.29) is 0 Å². The van der Waals surface area contributed by atoms with Crippen molar-refractivity contribution < 1.29 is 0 Å². The Morgan fingerprint density at radius 1 is 1.11 bits per heavy atom. The van der Waals surface area contributed by atoms with Crippen molar-refractivity contribution in [2.24, 2.45) is 0 Å². The summed E-state index contributed by atoms with van der Waals surface area (Å²) in [5.74, 6) is 0. The molecule has 2 aromatic rings. The van der Waals surface area contributed by atoms with Crippen LogP contribution in [0.3, 0.4) is 0 Å². The first kappa shape index (κ1) is 12.8. The summed E-state index contributed by atoms with van der Waals surface area (Å²) in [5, 5.41) is 4.18. The molecule has 0 aliphatic carbocycles. The molecule has 0 aromatic heterocycles. The number of benzene rings is 2. The molecule has 2 nitrogen and oxygen atoms in total. The van der Waals surface area contributed by atoms with Crippen molar-refractivity contribution in [1.29, 1.82) is 0 Å². The van der Waals surface area contributed by atoms with E-state index in [1.807, 2.05) is 37.3 Å². The number of anilines is 2. The van der Waals surface area contributed by atoms with Gasteiger partial charge in [-0.15, -0.1) is 0 Å². The molecule has 0 bridgehead atoms. The molecule has 0 aliphatic heterocycles. The quantitative estimate of drug-likeness (QED) is 0.819. The Morgan fingerprint density at radius 3 is 2.56 bits per heavy atom. The lowest BCUT2D eigenvalue weighted by Gasteiger charge is -2.11. The van der Waals surface area contributed by atoms with Crippen LogP contribution in [-0.2, 0) is 6.42 Å². The molecule has 3 N–H and O–H groups in total. The number of hydrogen-bond donors (Lipinski definition) is 2. The van der Waals surface area contributed by atoms with Gasteiger partial charge in [0.25, 0.3) is 0 Å². The maximum Gasteiger partial charge on any atom is 0.0406 e. The van der Waals surface area contributed by atoms with Gasteiger partial charge in [0.2, 0.25) is 0 Å². The molecule has 18 heavy (non-hydrogen) atoms. The van der Waals surface area contributed by atoms with Gasteiger partial charge >= 0.3 is 0 Å². The first-order chi connectivity index (χ1) is 8.66. The average Bonchev–Trinajstić information content (AvgIpc) is 2.37. The predicted octanol–water partition coefficient (Wildman–Crippen LogP) is 3.89. The predicted molar refractivity (Wildman–Crippen MR) is 79.2 cm³/mol.